The first-order valence-electron chi connectivity index (χ1n) is 7.58. The summed E-state index contributed by atoms with van der Waals surface area (Å²) < 4.78 is 5.55. The van der Waals surface area contributed by atoms with Crippen LogP contribution < -0.4 is 0 Å². The van der Waals surface area contributed by atoms with E-state index in [4.69, 9.17) is 4.74 Å². The number of hydrogen-bond donors (Lipinski definition) is 0. The SMILES string of the molecule is CCCOCCN1CCN(Cc2cnc(C)cn2)CC1. The molecule has 20 heavy (non-hydrogen) atoms. The number of ether oxygens (including phenoxy) is 1. The Kier molecular flexibility index (Phi) is 6.36. The van der Waals surface area contributed by atoms with Gasteiger partial charge in [-0.05, 0) is 13.3 Å². The Morgan fingerprint density at radius 1 is 1.05 bits per heavy atom. The monoisotopic (exact) mass is 278 g/mol. The van der Waals surface area contributed by atoms with Crippen molar-refractivity contribution in [3.8, 4) is 0 Å². The molecule has 0 aromatic carbocycles. The molecule has 0 N–H and O–H groups in total. The highest BCUT2D eigenvalue weighted by atomic mass is 16.5. The van der Waals surface area contributed by atoms with Gasteiger partial charge >= 0.3 is 0 Å². The van der Waals surface area contributed by atoms with Crippen LogP contribution in [0.15, 0.2) is 12.4 Å². The van der Waals surface area contributed by atoms with Crippen molar-refractivity contribution in [2.24, 2.45) is 0 Å². The van der Waals surface area contributed by atoms with Crippen LogP contribution in [0.1, 0.15) is 24.7 Å². The summed E-state index contributed by atoms with van der Waals surface area (Å²) in [7, 11) is 0. The van der Waals surface area contributed by atoms with Gasteiger partial charge in [-0.15, -0.1) is 0 Å². The van der Waals surface area contributed by atoms with Gasteiger partial charge in [-0.2, -0.15) is 0 Å². The van der Waals surface area contributed by atoms with Gasteiger partial charge in [0.1, 0.15) is 0 Å². The van der Waals surface area contributed by atoms with E-state index in [-0.39, 0.29) is 0 Å². The van der Waals surface area contributed by atoms with Gasteiger partial charge in [0.2, 0.25) is 0 Å². The zero-order valence-electron chi connectivity index (χ0n) is 12.7. The van der Waals surface area contributed by atoms with Crippen LogP contribution in [0.3, 0.4) is 0 Å². The van der Waals surface area contributed by atoms with E-state index < -0.39 is 0 Å². The normalized spacial score (nSPS) is 17.5. The fourth-order valence-corrected chi connectivity index (χ4v) is 2.34. The first kappa shape index (κ1) is 15.4. The third-order valence-electron chi connectivity index (χ3n) is 3.59. The largest absolute Gasteiger partial charge is 0.380 e. The van der Waals surface area contributed by atoms with Crippen LogP contribution >= 0.6 is 0 Å². The van der Waals surface area contributed by atoms with Crippen molar-refractivity contribution in [1.82, 2.24) is 19.8 Å². The van der Waals surface area contributed by atoms with Gasteiger partial charge in [0.25, 0.3) is 0 Å². The molecule has 1 aliphatic heterocycles. The van der Waals surface area contributed by atoms with Gasteiger partial charge in [0.15, 0.2) is 0 Å². The summed E-state index contributed by atoms with van der Waals surface area (Å²) in [6.07, 6.45) is 4.84. The smallest absolute Gasteiger partial charge is 0.0727 e. The number of nitrogens with zero attached hydrogens (tertiary/aromatic N) is 4. The van der Waals surface area contributed by atoms with Gasteiger partial charge in [0.05, 0.1) is 18.0 Å². The molecule has 5 nitrogen and oxygen atoms in total. The lowest BCUT2D eigenvalue weighted by atomic mass is 10.3. The molecule has 0 radical (unpaired) electrons. The molecule has 1 aliphatic rings. The predicted octanol–water partition coefficient (Wildman–Crippen LogP) is 1.33. The lowest BCUT2D eigenvalue weighted by Gasteiger charge is -2.34. The Bertz CT molecular complexity index is 374. The molecule has 0 spiro atoms. The van der Waals surface area contributed by atoms with Crippen molar-refractivity contribution in [2.75, 3.05) is 45.9 Å². The molecule has 1 aromatic rings. The predicted molar refractivity (Wildman–Crippen MR) is 79.6 cm³/mol. The molecule has 0 atom stereocenters. The van der Waals surface area contributed by atoms with E-state index in [0.29, 0.717) is 0 Å². The van der Waals surface area contributed by atoms with Crippen LogP contribution in [0.2, 0.25) is 0 Å². The molecule has 1 fully saturated rings. The Balaban J connectivity index is 1.65. The minimum atomic E-state index is 0.858. The average molecular weight is 278 g/mol. The van der Waals surface area contributed by atoms with Crippen LogP contribution in [0.25, 0.3) is 0 Å². The summed E-state index contributed by atoms with van der Waals surface area (Å²) >= 11 is 0. The van der Waals surface area contributed by atoms with E-state index in [0.717, 1.165) is 70.3 Å². The summed E-state index contributed by atoms with van der Waals surface area (Å²) in [5.41, 5.74) is 2.04. The highest BCUT2D eigenvalue weighted by molar-refractivity contribution is 5.00. The zero-order valence-corrected chi connectivity index (χ0v) is 12.7. The van der Waals surface area contributed by atoms with Crippen LogP contribution in [0.5, 0.6) is 0 Å². The summed E-state index contributed by atoms with van der Waals surface area (Å²) in [5.74, 6) is 0. The van der Waals surface area contributed by atoms with Gasteiger partial charge < -0.3 is 4.74 Å². The number of piperazine rings is 1. The molecule has 2 rings (SSSR count). The highest BCUT2D eigenvalue weighted by Gasteiger charge is 2.16. The molecule has 0 saturated carbocycles. The molecular weight excluding hydrogens is 252 g/mol. The minimum Gasteiger partial charge on any atom is -0.380 e. The Morgan fingerprint density at radius 3 is 2.45 bits per heavy atom. The zero-order chi connectivity index (χ0) is 14.2. The molecule has 1 aromatic heterocycles. The van der Waals surface area contributed by atoms with Crippen molar-refractivity contribution in [1.29, 1.82) is 0 Å². The fraction of sp³-hybridized carbons (Fsp3) is 0.733. The minimum absolute atomic E-state index is 0.858. The molecule has 2 heterocycles. The Morgan fingerprint density at radius 2 is 1.80 bits per heavy atom. The van der Waals surface area contributed by atoms with Gasteiger partial charge in [-0.1, -0.05) is 6.92 Å². The molecule has 1 saturated heterocycles. The van der Waals surface area contributed by atoms with Crippen molar-refractivity contribution in [3.63, 3.8) is 0 Å². The lowest BCUT2D eigenvalue weighted by Crippen LogP contribution is -2.46. The second-order valence-electron chi connectivity index (χ2n) is 5.38. The molecule has 5 heteroatoms. The van der Waals surface area contributed by atoms with Crippen molar-refractivity contribution >= 4 is 0 Å². The maximum absolute atomic E-state index is 5.55. The van der Waals surface area contributed by atoms with Crippen molar-refractivity contribution in [2.45, 2.75) is 26.8 Å². The lowest BCUT2D eigenvalue weighted by molar-refractivity contribution is 0.0734. The molecule has 0 unspecified atom stereocenters. The van der Waals surface area contributed by atoms with E-state index in [9.17, 15) is 0 Å². The third kappa shape index (κ3) is 5.15. The second-order valence-corrected chi connectivity index (χ2v) is 5.38. The van der Waals surface area contributed by atoms with Gasteiger partial charge in [0, 0.05) is 58.3 Å². The van der Waals surface area contributed by atoms with Crippen LogP contribution in [0, 0.1) is 6.92 Å². The van der Waals surface area contributed by atoms with Crippen LogP contribution in [-0.2, 0) is 11.3 Å². The quantitative estimate of drug-likeness (QED) is 0.704. The Labute approximate surface area is 122 Å². The Hall–Kier alpha value is -1.04. The summed E-state index contributed by atoms with van der Waals surface area (Å²) in [4.78, 5) is 13.7. The van der Waals surface area contributed by atoms with E-state index in [2.05, 4.69) is 26.7 Å². The van der Waals surface area contributed by atoms with Gasteiger partial charge in [-0.3, -0.25) is 19.8 Å². The van der Waals surface area contributed by atoms with E-state index >= 15 is 0 Å². The molecule has 0 amide bonds. The topological polar surface area (TPSA) is 41.5 Å². The van der Waals surface area contributed by atoms with Crippen LogP contribution in [-0.4, -0.2) is 65.7 Å². The summed E-state index contributed by atoms with van der Waals surface area (Å²) in [5, 5.41) is 0. The van der Waals surface area contributed by atoms with Gasteiger partial charge in [-0.25, -0.2) is 0 Å². The maximum Gasteiger partial charge on any atom is 0.0727 e. The van der Waals surface area contributed by atoms with E-state index in [1.54, 1.807) is 0 Å². The fourth-order valence-electron chi connectivity index (χ4n) is 2.34. The third-order valence-corrected chi connectivity index (χ3v) is 3.59. The second kappa shape index (κ2) is 8.29. The molecular formula is C15H26N4O. The number of rotatable bonds is 7. The maximum atomic E-state index is 5.55. The molecule has 0 aliphatic carbocycles. The first-order chi connectivity index (χ1) is 9.78. The molecule has 112 valence electrons. The van der Waals surface area contributed by atoms with Crippen molar-refractivity contribution in [3.05, 3.63) is 23.8 Å². The van der Waals surface area contributed by atoms with Crippen molar-refractivity contribution < 1.29 is 4.74 Å². The standard InChI is InChI=1S/C15H26N4O/c1-3-9-20-10-8-18-4-6-19(7-5-18)13-15-12-16-14(2)11-17-15/h11-12H,3-10,13H2,1-2H3. The van der Waals surface area contributed by atoms with Crippen LogP contribution in [0.4, 0.5) is 0 Å². The summed E-state index contributed by atoms with van der Waals surface area (Å²) in [6.45, 7) is 12.3. The number of aryl methyl sites for hydroxylation is 1. The molecule has 0 bridgehead atoms. The number of aromatic nitrogens is 2. The first-order valence-corrected chi connectivity index (χ1v) is 7.58. The van der Waals surface area contributed by atoms with E-state index in [1.165, 1.54) is 0 Å². The average Bonchev–Trinajstić information content (AvgIpc) is 2.48. The summed E-state index contributed by atoms with van der Waals surface area (Å²) in [6, 6.07) is 0. The number of hydrogen-bond acceptors (Lipinski definition) is 5. The van der Waals surface area contributed by atoms with E-state index in [1.807, 2.05) is 19.3 Å². The highest BCUT2D eigenvalue weighted by Crippen LogP contribution is 2.06.